The van der Waals surface area contributed by atoms with E-state index in [2.05, 4.69) is 0 Å². The number of benzene rings is 1. The highest BCUT2D eigenvalue weighted by Crippen LogP contribution is 2.39. The first-order chi connectivity index (χ1) is 14.3. The lowest BCUT2D eigenvalue weighted by Crippen LogP contribution is -2.44. The summed E-state index contributed by atoms with van der Waals surface area (Å²) in [7, 11) is 0. The van der Waals surface area contributed by atoms with Crippen molar-refractivity contribution in [1.82, 2.24) is 9.55 Å². The summed E-state index contributed by atoms with van der Waals surface area (Å²) < 4.78 is 11.9. The Morgan fingerprint density at radius 2 is 2.13 bits per heavy atom. The Labute approximate surface area is 170 Å². The minimum Gasteiger partial charge on any atom is -0.458 e. The number of esters is 2. The predicted molar refractivity (Wildman–Crippen MR) is 106 cm³/mol. The molecular weight excluding hydrogens is 388 g/mol. The number of rotatable bonds is 2. The van der Waals surface area contributed by atoms with Crippen LogP contribution in [0.4, 0.5) is 0 Å². The maximum absolute atomic E-state index is 13.2. The lowest BCUT2D eigenvalue weighted by molar-refractivity contribution is -0.172. The highest BCUT2D eigenvalue weighted by molar-refractivity contribution is 5.91. The van der Waals surface area contributed by atoms with Crippen LogP contribution in [0, 0.1) is 0 Å². The monoisotopic (exact) mass is 406 g/mol. The molecular formula is C22H18N2O6. The Morgan fingerprint density at radius 3 is 2.87 bits per heavy atom. The quantitative estimate of drug-likeness (QED) is 0.401. The van der Waals surface area contributed by atoms with Gasteiger partial charge in [-0.2, -0.15) is 0 Å². The highest BCUT2D eigenvalue weighted by atomic mass is 16.6. The molecule has 0 unspecified atom stereocenters. The van der Waals surface area contributed by atoms with Gasteiger partial charge in [-0.3, -0.25) is 9.59 Å². The van der Waals surface area contributed by atoms with Gasteiger partial charge < -0.3 is 19.1 Å². The average molecular weight is 406 g/mol. The molecule has 4 heterocycles. The van der Waals surface area contributed by atoms with Gasteiger partial charge in [-0.05, 0) is 30.7 Å². The molecule has 0 radical (unpaired) electrons. The van der Waals surface area contributed by atoms with Crippen LogP contribution in [0.3, 0.4) is 0 Å². The van der Waals surface area contributed by atoms with Gasteiger partial charge in [-0.25, -0.2) is 9.78 Å². The van der Waals surface area contributed by atoms with Crippen molar-refractivity contribution < 1.29 is 24.2 Å². The second kappa shape index (κ2) is 6.24. The first-order valence-electron chi connectivity index (χ1n) is 9.61. The summed E-state index contributed by atoms with van der Waals surface area (Å²) in [6.07, 6.45) is 0.0888. The molecule has 2 aliphatic heterocycles. The molecule has 1 aromatic carbocycles. The van der Waals surface area contributed by atoms with E-state index in [1.165, 1.54) is 6.92 Å². The van der Waals surface area contributed by atoms with E-state index in [4.69, 9.17) is 14.5 Å². The van der Waals surface area contributed by atoms with Crippen molar-refractivity contribution in [3.05, 3.63) is 57.4 Å². The summed E-state index contributed by atoms with van der Waals surface area (Å²) in [4.78, 5) is 41.5. The summed E-state index contributed by atoms with van der Waals surface area (Å²) in [6, 6.07) is 8.74. The number of nitrogens with zero attached hydrogens (tertiary/aromatic N) is 2. The molecule has 0 spiro atoms. The van der Waals surface area contributed by atoms with E-state index < -0.39 is 17.5 Å². The summed E-state index contributed by atoms with van der Waals surface area (Å²) in [5.41, 5.74) is 0.912. The molecule has 2 aromatic heterocycles. The Bertz CT molecular complexity index is 1330. The van der Waals surface area contributed by atoms with Crippen molar-refractivity contribution in [3.8, 4) is 17.1 Å². The number of aliphatic hydroxyl groups is 1. The molecule has 0 saturated carbocycles. The van der Waals surface area contributed by atoms with Crippen LogP contribution >= 0.6 is 0 Å². The van der Waals surface area contributed by atoms with Crippen LogP contribution in [0.1, 0.15) is 37.0 Å². The van der Waals surface area contributed by atoms with E-state index in [1.807, 2.05) is 6.07 Å². The number of ether oxygens (including phenoxy) is 2. The van der Waals surface area contributed by atoms with E-state index in [0.717, 1.165) is 5.56 Å². The minimum atomic E-state index is -1.86. The zero-order valence-corrected chi connectivity index (χ0v) is 16.4. The fourth-order valence-electron chi connectivity index (χ4n) is 4.22. The predicted octanol–water partition coefficient (Wildman–Crippen LogP) is 2.00. The fraction of sp³-hybridized carbons (Fsp3) is 0.273. The van der Waals surface area contributed by atoms with Gasteiger partial charge in [0.1, 0.15) is 12.4 Å². The molecule has 0 bridgehead atoms. The Morgan fingerprint density at radius 1 is 1.33 bits per heavy atom. The lowest BCUT2D eigenvalue weighted by Gasteiger charge is -2.31. The minimum absolute atomic E-state index is 0.0888. The number of carbonyl (C=O) groups excluding carboxylic acids is 2. The average Bonchev–Trinajstić information content (AvgIpc) is 3.08. The molecule has 8 heteroatoms. The Hall–Kier alpha value is -3.52. The van der Waals surface area contributed by atoms with Crippen molar-refractivity contribution in [2.24, 2.45) is 0 Å². The molecule has 1 N–H and O–H groups in total. The van der Waals surface area contributed by atoms with Crippen molar-refractivity contribution >= 4 is 22.8 Å². The topological polar surface area (TPSA) is 108 Å². The van der Waals surface area contributed by atoms with Gasteiger partial charge in [-0.15, -0.1) is 0 Å². The first kappa shape index (κ1) is 18.5. The van der Waals surface area contributed by atoms with Gasteiger partial charge in [0, 0.05) is 23.4 Å². The number of hydrogen-bond donors (Lipinski definition) is 1. The molecule has 30 heavy (non-hydrogen) atoms. The first-order valence-corrected chi connectivity index (χ1v) is 9.61. The van der Waals surface area contributed by atoms with Crippen molar-refractivity contribution in [1.29, 1.82) is 0 Å². The maximum atomic E-state index is 13.2. The molecule has 5 rings (SSSR count). The second-order valence-corrected chi connectivity index (χ2v) is 7.52. The van der Waals surface area contributed by atoms with Crippen molar-refractivity contribution in [2.45, 2.75) is 39.0 Å². The van der Waals surface area contributed by atoms with Gasteiger partial charge in [0.25, 0.3) is 5.56 Å². The third kappa shape index (κ3) is 2.43. The smallest absolute Gasteiger partial charge is 0.343 e. The molecule has 0 saturated heterocycles. The third-order valence-corrected chi connectivity index (χ3v) is 5.77. The SMILES string of the molecule is CC[C@@]1(O)C(=O)OCc2c1cc1n(c2=O)Cc2cc3c(OC(C)=O)cccc3nc2-1. The van der Waals surface area contributed by atoms with Gasteiger partial charge in [0.2, 0.25) is 0 Å². The van der Waals surface area contributed by atoms with Crippen LogP contribution in [0.15, 0.2) is 35.1 Å². The summed E-state index contributed by atoms with van der Waals surface area (Å²) >= 11 is 0. The van der Waals surface area contributed by atoms with E-state index in [1.54, 1.807) is 35.8 Å². The van der Waals surface area contributed by atoms with Gasteiger partial charge in [0.15, 0.2) is 5.60 Å². The molecule has 0 fully saturated rings. The standard InChI is InChI=1S/C22H18N2O6/c1-3-22(28)15-8-17-19-12(9-24(17)20(26)14(15)10-29-21(22)27)7-13-16(23-19)5-4-6-18(13)30-11(2)25/h4-8,28H,3,9-10H2,1-2H3/t22-/m0/s1. The number of carbonyl (C=O) groups is 2. The lowest BCUT2D eigenvalue weighted by atomic mass is 9.86. The van der Waals surface area contributed by atoms with Crippen LogP contribution in [0.5, 0.6) is 5.75 Å². The normalized spacial score (nSPS) is 19.1. The maximum Gasteiger partial charge on any atom is 0.343 e. The fourth-order valence-corrected chi connectivity index (χ4v) is 4.22. The van der Waals surface area contributed by atoms with Crippen LogP contribution in [-0.2, 0) is 33.1 Å². The zero-order valence-electron chi connectivity index (χ0n) is 16.4. The molecule has 152 valence electrons. The molecule has 0 amide bonds. The van der Waals surface area contributed by atoms with Crippen LogP contribution in [0.25, 0.3) is 22.3 Å². The Kier molecular flexibility index (Phi) is 3.85. The number of pyridine rings is 2. The molecule has 8 nitrogen and oxygen atoms in total. The number of fused-ring (bicyclic) bond motifs is 5. The van der Waals surface area contributed by atoms with E-state index in [-0.39, 0.29) is 36.3 Å². The highest BCUT2D eigenvalue weighted by Gasteiger charge is 2.45. The van der Waals surface area contributed by atoms with E-state index in [0.29, 0.717) is 28.0 Å². The molecule has 1 atom stereocenters. The van der Waals surface area contributed by atoms with Crippen LogP contribution in [0.2, 0.25) is 0 Å². The molecule has 0 aliphatic carbocycles. The van der Waals surface area contributed by atoms with Crippen LogP contribution in [-0.4, -0.2) is 26.6 Å². The molecule has 3 aromatic rings. The number of cyclic esters (lactones) is 1. The largest absolute Gasteiger partial charge is 0.458 e. The number of aromatic nitrogens is 2. The summed E-state index contributed by atoms with van der Waals surface area (Å²) in [6.45, 7) is 3.11. The second-order valence-electron chi connectivity index (χ2n) is 7.52. The van der Waals surface area contributed by atoms with Crippen molar-refractivity contribution in [2.75, 3.05) is 0 Å². The number of hydrogen-bond acceptors (Lipinski definition) is 7. The van der Waals surface area contributed by atoms with Crippen molar-refractivity contribution in [3.63, 3.8) is 0 Å². The molecule has 2 aliphatic rings. The zero-order chi connectivity index (χ0) is 21.2. The third-order valence-electron chi connectivity index (χ3n) is 5.77. The van der Waals surface area contributed by atoms with E-state index in [9.17, 15) is 19.5 Å². The van der Waals surface area contributed by atoms with Gasteiger partial charge >= 0.3 is 11.9 Å². The summed E-state index contributed by atoms with van der Waals surface area (Å²) in [5.74, 6) is -0.784. The Balaban J connectivity index is 1.75. The summed E-state index contributed by atoms with van der Waals surface area (Å²) in [5, 5.41) is 11.6. The van der Waals surface area contributed by atoms with Gasteiger partial charge in [0.05, 0.1) is 29.0 Å². The van der Waals surface area contributed by atoms with Gasteiger partial charge in [-0.1, -0.05) is 13.0 Å². The van der Waals surface area contributed by atoms with Crippen LogP contribution < -0.4 is 10.3 Å². The van der Waals surface area contributed by atoms with E-state index >= 15 is 0 Å².